The molecule has 1 amide bonds. The number of rotatable bonds is 7. The number of amides is 1. The highest BCUT2D eigenvalue weighted by Gasteiger charge is 2.28. The highest BCUT2D eigenvalue weighted by atomic mass is 35.5. The van der Waals surface area contributed by atoms with Crippen molar-refractivity contribution in [2.24, 2.45) is 0 Å². The minimum atomic E-state index is -4.01. The lowest BCUT2D eigenvalue weighted by atomic mass is 10.1. The first-order valence-corrected chi connectivity index (χ1v) is 11.4. The van der Waals surface area contributed by atoms with Crippen LogP contribution in [0.25, 0.3) is 0 Å². The molecule has 3 rings (SSSR count). The van der Waals surface area contributed by atoms with Gasteiger partial charge >= 0.3 is 0 Å². The number of aryl methyl sites for hydroxylation is 2. The molecule has 0 aliphatic carbocycles. The molecule has 3 aromatic carbocycles. The molecular formula is C23H23ClN2O3S. The fraction of sp³-hybridized carbons (Fsp3) is 0.174. The summed E-state index contributed by atoms with van der Waals surface area (Å²) in [7, 11) is -4.01. The van der Waals surface area contributed by atoms with Gasteiger partial charge in [-0.05, 0) is 49.2 Å². The molecule has 5 nitrogen and oxygen atoms in total. The number of anilines is 2. The molecule has 1 N–H and O–H groups in total. The van der Waals surface area contributed by atoms with Crippen molar-refractivity contribution in [1.29, 1.82) is 0 Å². The van der Waals surface area contributed by atoms with E-state index in [0.29, 0.717) is 5.69 Å². The molecular weight excluding hydrogens is 420 g/mol. The lowest BCUT2D eigenvalue weighted by Crippen LogP contribution is -2.38. The Balaban J connectivity index is 1.97. The van der Waals surface area contributed by atoms with Crippen LogP contribution in [0.5, 0.6) is 0 Å². The predicted octanol–water partition coefficient (Wildman–Crippen LogP) is 5.04. The molecule has 30 heavy (non-hydrogen) atoms. The Kier molecular flexibility index (Phi) is 6.80. The second kappa shape index (κ2) is 9.32. The van der Waals surface area contributed by atoms with Crippen LogP contribution in [0.2, 0.25) is 5.02 Å². The molecule has 0 aliphatic rings. The summed E-state index contributed by atoms with van der Waals surface area (Å²) < 4.78 is 27.8. The van der Waals surface area contributed by atoms with E-state index in [1.54, 1.807) is 42.5 Å². The molecule has 0 spiro atoms. The van der Waals surface area contributed by atoms with Crippen LogP contribution in [0, 0.1) is 6.92 Å². The zero-order valence-corrected chi connectivity index (χ0v) is 18.4. The highest BCUT2D eigenvalue weighted by molar-refractivity contribution is 7.92. The Labute approximate surface area is 182 Å². The number of nitrogens with one attached hydrogen (secondary N) is 1. The van der Waals surface area contributed by atoms with E-state index in [9.17, 15) is 13.2 Å². The van der Waals surface area contributed by atoms with Crippen molar-refractivity contribution in [3.05, 3.63) is 88.9 Å². The van der Waals surface area contributed by atoms with Crippen molar-refractivity contribution in [2.45, 2.75) is 25.2 Å². The third kappa shape index (κ3) is 4.83. The topological polar surface area (TPSA) is 66.5 Å². The van der Waals surface area contributed by atoms with Crippen molar-refractivity contribution in [3.8, 4) is 0 Å². The SMILES string of the molecule is CCc1ccccc1NC(=O)CN(c1ccccc1Cl)S(=O)(=O)c1ccc(C)cc1. The van der Waals surface area contributed by atoms with E-state index in [1.807, 2.05) is 32.0 Å². The number of para-hydroxylation sites is 2. The van der Waals surface area contributed by atoms with Crippen LogP contribution < -0.4 is 9.62 Å². The average Bonchev–Trinajstić information content (AvgIpc) is 2.73. The summed E-state index contributed by atoms with van der Waals surface area (Å²) in [5.41, 5.74) is 2.82. The van der Waals surface area contributed by atoms with Gasteiger partial charge < -0.3 is 5.32 Å². The molecule has 3 aromatic rings. The van der Waals surface area contributed by atoms with Crippen LogP contribution in [0.1, 0.15) is 18.1 Å². The van der Waals surface area contributed by atoms with Crippen LogP contribution in [-0.2, 0) is 21.2 Å². The number of benzene rings is 3. The summed E-state index contributed by atoms with van der Waals surface area (Å²) in [6.07, 6.45) is 0.742. The van der Waals surface area contributed by atoms with E-state index >= 15 is 0 Å². The van der Waals surface area contributed by atoms with E-state index in [4.69, 9.17) is 11.6 Å². The van der Waals surface area contributed by atoms with Gasteiger partial charge in [-0.25, -0.2) is 8.42 Å². The van der Waals surface area contributed by atoms with Gasteiger partial charge in [0.25, 0.3) is 10.0 Å². The largest absolute Gasteiger partial charge is 0.324 e. The van der Waals surface area contributed by atoms with Crippen molar-refractivity contribution in [2.75, 3.05) is 16.2 Å². The maximum absolute atomic E-state index is 13.4. The summed E-state index contributed by atoms with van der Waals surface area (Å²) in [6, 6.07) is 20.5. The van der Waals surface area contributed by atoms with E-state index in [1.165, 1.54) is 12.1 Å². The first kappa shape index (κ1) is 21.9. The van der Waals surface area contributed by atoms with Gasteiger partial charge in [-0.3, -0.25) is 9.10 Å². The van der Waals surface area contributed by atoms with Gasteiger partial charge in [-0.1, -0.05) is 66.6 Å². The first-order valence-electron chi connectivity index (χ1n) is 9.54. The van der Waals surface area contributed by atoms with Gasteiger partial charge in [0.15, 0.2) is 0 Å². The zero-order chi connectivity index (χ0) is 21.7. The summed E-state index contributed by atoms with van der Waals surface area (Å²) >= 11 is 6.29. The van der Waals surface area contributed by atoms with Crippen LogP contribution >= 0.6 is 11.6 Å². The standard InChI is InChI=1S/C23H23ClN2O3S/c1-3-18-8-4-6-10-21(18)25-23(27)16-26(22-11-7-5-9-20(22)24)30(28,29)19-14-12-17(2)13-15-19/h4-15H,3,16H2,1-2H3,(H,25,27). The number of hydrogen-bond donors (Lipinski definition) is 1. The van der Waals surface area contributed by atoms with Crippen molar-refractivity contribution < 1.29 is 13.2 Å². The molecule has 0 heterocycles. The fourth-order valence-corrected chi connectivity index (χ4v) is 4.79. The third-order valence-corrected chi connectivity index (χ3v) is 6.78. The van der Waals surface area contributed by atoms with E-state index in [0.717, 1.165) is 21.9 Å². The molecule has 0 saturated heterocycles. The van der Waals surface area contributed by atoms with Gasteiger partial charge in [0.2, 0.25) is 5.91 Å². The Hall–Kier alpha value is -2.83. The number of sulfonamides is 1. The fourth-order valence-electron chi connectivity index (χ4n) is 3.06. The Bertz CT molecular complexity index is 1150. The monoisotopic (exact) mass is 442 g/mol. The minimum Gasteiger partial charge on any atom is -0.324 e. The van der Waals surface area contributed by atoms with Gasteiger partial charge in [0.1, 0.15) is 6.54 Å². The molecule has 156 valence electrons. The number of carbonyl (C=O) groups is 1. The summed E-state index contributed by atoms with van der Waals surface area (Å²) in [5, 5.41) is 3.07. The van der Waals surface area contributed by atoms with Crippen LogP contribution in [-0.4, -0.2) is 20.9 Å². The minimum absolute atomic E-state index is 0.0924. The molecule has 7 heteroatoms. The predicted molar refractivity (Wildman–Crippen MR) is 122 cm³/mol. The Morgan fingerprint density at radius 3 is 2.27 bits per heavy atom. The first-order chi connectivity index (χ1) is 14.3. The molecule has 0 bridgehead atoms. The van der Waals surface area contributed by atoms with Crippen molar-refractivity contribution in [3.63, 3.8) is 0 Å². The number of halogens is 1. The van der Waals surface area contributed by atoms with Gasteiger partial charge in [-0.2, -0.15) is 0 Å². The number of hydrogen-bond acceptors (Lipinski definition) is 3. The second-order valence-electron chi connectivity index (χ2n) is 6.84. The smallest absolute Gasteiger partial charge is 0.264 e. The van der Waals surface area contributed by atoms with Gasteiger partial charge in [0, 0.05) is 5.69 Å². The van der Waals surface area contributed by atoms with E-state index in [-0.39, 0.29) is 15.6 Å². The van der Waals surface area contributed by atoms with Crippen molar-refractivity contribution in [1.82, 2.24) is 0 Å². The molecule has 0 unspecified atom stereocenters. The average molecular weight is 443 g/mol. The lowest BCUT2D eigenvalue weighted by molar-refractivity contribution is -0.114. The van der Waals surface area contributed by atoms with Crippen molar-refractivity contribution >= 4 is 38.9 Å². The highest BCUT2D eigenvalue weighted by Crippen LogP contribution is 2.30. The maximum Gasteiger partial charge on any atom is 0.264 e. The molecule has 0 radical (unpaired) electrons. The molecule has 0 fully saturated rings. The summed E-state index contributed by atoms with van der Waals surface area (Å²) in [4.78, 5) is 12.9. The van der Waals surface area contributed by atoms with Crippen LogP contribution in [0.4, 0.5) is 11.4 Å². The van der Waals surface area contributed by atoms with Gasteiger partial charge in [0.05, 0.1) is 15.6 Å². The second-order valence-corrected chi connectivity index (χ2v) is 9.10. The van der Waals surface area contributed by atoms with Crippen LogP contribution in [0.3, 0.4) is 0 Å². The third-order valence-electron chi connectivity index (χ3n) is 4.69. The maximum atomic E-state index is 13.4. The van der Waals surface area contributed by atoms with Gasteiger partial charge in [-0.15, -0.1) is 0 Å². The molecule has 0 saturated carbocycles. The van der Waals surface area contributed by atoms with E-state index in [2.05, 4.69) is 5.32 Å². The molecule has 0 aromatic heterocycles. The molecule has 0 atom stereocenters. The van der Waals surface area contributed by atoms with Crippen LogP contribution in [0.15, 0.2) is 77.7 Å². The Morgan fingerprint density at radius 2 is 1.60 bits per heavy atom. The quantitative estimate of drug-likeness (QED) is 0.557. The lowest BCUT2D eigenvalue weighted by Gasteiger charge is -2.25. The normalized spacial score (nSPS) is 11.2. The number of carbonyl (C=O) groups excluding carboxylic acids is 1. The number of nitrogens with zero attached hydrogens (tertiary/aromatic N) is 1. The molecule has 0 aliphatic heterocycles. The Morgan fingerprint density at radius 1 is 0.967 bits per heavy atom. The zero-order valence-electron chi connectivity index (χ0n) is 16.8. The summed E-state index contributed by atoms with van der Waals surface area (Å²) in [6.45, 7) is 3.46. The van der Waals surface area contributed by atoms with E-state index < -0.39 is 22.5 Å². The summed E-state index contributed by atoms with van der Waals surface area (Å²) in [5.74, 6) is -0.452.